The molecule has 100 valence electrons. The third-order valence-electron chi connectivity index (χ3n) is 3.17. The van der Waals surface area contributed by atoms with Gasteiger partial charge in [0.2, 0.25) is 17.7 Å². The molecule has 1 heterocycles. The molecule has 0 aromatic heterocycles. The van der Waals surface area contributed by atoms with Gasteiger partial charge in [-0.15, -0.1) is 0 Å². The fourth-order valence-corrected chi connectivity index (χ4v) is 2.13. The Kier molecular flexibility index (Phi) is 3.94. The van der Waals surface area contributed by atoms with E-state index in [-0.39, 0.29) is 30.7 Å². The number of hydrogen-bond acceptors (Lipinski definition) is 3. The molecule has 0 saturated carbocycles. The zero-order valence-electron chi connectivity index (χ0n) is 10.8. The van der Waals surface area contributed by atoms with E-state index in [4.69, 9.17) is 0 Å². The average molecular weight is 260 g/mol. The van der Waals surface area contributed by atoms with Crippen LogP contribution in [0.5, 0.6) is 0 Å². The second-order valence-electron chi connectivity index (χ2n) is 4.70. The molecule has 1 N–H and O–H groups in total. The van der Waals surface area contributed by atoms with Gasteiger partial charge in [0.15, 0.2) is 0 Å². The molecule has 0 bridgehead atoms. The van der Waals surface area contributed by atoms with Gasteiger partial charge in [-0.05, 0) is 5.56 Å². The largest absolute Gasteiger partial charge is 0.338 e. The normalized spacial score (nSPS) is 18.3. The van der Waals surface area contributed by atoms with Crippen molar-refractivity contribution in [3.8, 4) is 0 Å². The first-order chi connectivity index (χ1) is 9.06. The van der Waals surface area contributed by atoms with Gasteiger partial charge in [0.05, 0.1) is 5.92 Å². The summed E-state index contributed by atoms with van der Waals surface area (Å²) in [5.41, 5.74) is 1.00. The molecule has 3 amide bonds. The minimum absolute atomic E-state index is 0.101. The predicted octanol–water partition coefficient (Wildman–Crippen LogP) is 0.698. The summed E-state index contributed by atoms with van der Waals surface area (Å²) in [7, 11) is 0. The van der Waals surface area contributed by atoms with Crippen LogP contribution in [0.4, 0.5) is 0 Å². The van der Waals surface area contributed by atoms with Gasteiger partial charge < -0.3 is 4.90 Å². The van der Waals surface area contributed by atoms with Gasteiger partial charge in [-0.2, -0.15) is 0 Å². The van der Waals surface area contributed by atoms with Gasteiger partial charge in [0.25, 0.3) is 0 Å². The zero-order valence-corrected chi connectivity index (χ0v) is 10.8. The Morgan fingerprint density at radius 2 is 2.00 bits per heavy atom. The molecule has 0 aliphatic carbocycles. The first-order valence-electron chi connectivity index (χ1n) is 6.19. The third kappa shape index (κ3) is 3.40. The molecular formula is C14H16N2O3. The van der Waals surface area contributed by atoms with Gasteiger partial charge in [0.1, 0.15) is 0 Å². The average Bonchev–Trinajstić information content (AvgIpc) is 2.68. The summed E-state index contributed by atoms with van der Waals surface area (Å²) in [6.45, 7) is 2.20. The van der Waals surface area contributed by atoms with Crippen molar-refractivity contribution in [2.24, 2.45) is 5.92 Å². The molecule has 5 heteroatoms. The third-order valence-corrected chi connectivity index (χ3v) is 3.17. The Labute approximate surface area is 111 Å². The smallest absolute Gasteiger partial charge is 0.231 e. The summed E-state index contributed by atoms with van der Waals surface area (Å²) in [5, 5.41) is 2.26. The number of carbonyl (C=O) groups excluding carboxylic acids is 3. The number of rotatable bonds is 4. The second-order valence-corrected chi connectivity index (χ2v) is 4.70. The summed E-state index contributed by atoms with van der Waals surface area (Å²) in [4.78, 5) is 35.9. The van der Waals surface area contributed by atoms with E-state index in [2.05, 4.69) is 5.32 Å². The summed E-state index contributed by atoms with van der Waals surface area (Å²) in [6, 6.07) is 9.56. The van der Waals surface area contributed by atoms with E-state index in [1.54, 1.807) is 4.90 Å². The van der Waals surface area contributed by atoms with Crippen molar-refractivity contribution >= 4 is 17.7 Å². The van der Waals surface area contributed by atoms with Crippen LogP contribution in [-0.2, 0) is 20.9 Å². The molecule has 0 spiro atoms. The lowest BCUT2D eigenvalue weighted by Gasteiger charge is -2.23. The minimum Gasteiger partial charge on any atom is -0.338 e. The van der Waals surface area contributed by atoms with Crippen molar-refractivity contribution in [1.29, 1.82) is 0 Å². The molecule has 1 aliphatic rings. The number of hydrogen-bond donors (Lipinski definition) is 1. The van der Waals surface area contributed by atoms with Crippen LogP contribution in [0.1, 0.15) is 18.9 Å². The Morgan fingerprint density at radius 1 is 1.32 bits per heavy atom. The van der Waals surface area contributed by atoms with E-state index in [9.17, 15) is 14.4 Å². The Hall–Kier alpha value is -2.17. The molecule has 0 unspecified atom stereocenters. The van der Waals surface area contributed by atoms with E-state index in [0.29, 0.717) is 6.54 Å². The Balaban J connectivity index is 2.03. The maximum atomic E-state index is 11.6. The number of nitrogens with one attached hydrogen (secondary N) is 1. The highest BCUT2D eigenvalue weighted by Gasteiger charge is 2.32. The molecule has 1 aromatic carbocycles. The fourth-order valence-electron chi connectivity index (χ4n) is 2.13. The summed E-state index contributed by atoms with van der Waals surface area (Å²) < 4.78 is 0. The molecule has 5 nitrogen and oxygen atoms in total. The van der Waals surface area contributed by atoms with Crippen LogP contribution in [0, 0.1) is 5.92 Å². The second kappa shape index (κ2) is 5.65. The van der Waals surface area contributed by atoms with Crippen molar-refractivity contribution in [2.45, 2.75) is 19.9 Å². The van der Waals surface area contributed by atoms with E-state index in [0.717, 1.165) is 5.56 Å². The van der Waals surface area contributed by atoms with Crippen LogP contribution in [0.2, 0.25) is 0 Å². The van der Waals surface area contributed by atoms with Crippen molar-refractivity contribution < 1.29 is 14.4 Å². The topological polar surface area (TPSA) is 66.5 Å². The van der Waals surface area contributed by atoms with Gasteiger partial charge in [-0.1, -0.05) is 30.3 Å². The van der Waals surface area contributed by atoms with Gasteiger partial charge in [0, 0.05) is 26.4 Å². The van der Waals surface area contributed by atoms with E-state index >= 15 is 0 Å². The lowest BCUT2D eigenvalue weighted by Crippen LogP contribution is -2.36. The number of carbonyl (C=O) groups is 3. The van der Waals surface area contributed by atoms with Crippen molar-refractivity contribution in [3.63, 3.8) is 0 Å². The van der Waals surface area contributed by atoms with Crippen LogP contribution in [0.15, 0.2) is 30.3 Å². The van der Waals surface area contributed by atoms with Crippen LogP contribution in [0.25, 0.3) is 0 Å². The highest BCUT2D eigenvalue weighted by atomic mass is 16.2. The standard InChI is InChI=1S/C14H16N2O3/c1-10(17)16(8-11-5-3-2-4-6-11)9-12-7-13(18)15-14(12)19/h2-6,12H,7-9H2,1H3,(H,15,18,19)/t12-/m1/s1. The summed E-state index contributed by atoms with van der Waals surface area (Å²) in [5.74, 6) is -1.08. The molecule has 0 radical (unpaired) electrons. The van der Waals surface area contributed by atoms with Gasteiger partial charge in [-0.25, -0.2) is 0 Å². The maximum absolute atomic E-state index is 11.6. The maximum Gasteiger partial charge on any atom is 0.231 e. The molecule has 19 heavy (non-hydrogen) atoms. The van der Waals surface area contributed by atoms with Crippen molar-refractivity contribution in [2.75, 3.05) is 6.54 Å². The van der Waals surface area contributed by atoms with Crippen LogP contribution in [-0.4, -0.2) is 29.2 Å². The van der Waals surface area contributed by atoms with Crippen molar-refractivity contribution in [1.82, 2.24) is 10.2 Å². The fraction of sp³-hybridized carbons (Fsp3) is 0.357. The quantitative estimate of drug-likeness (QED) is 0.810. The minimum atomic E-state index is -0.430. The zero-order chi connectivity index (χ0) is 13.8. The first kappa shape index (κ1) is 13.3. The lowest BCUT2D eigenvalue weighted by molar-refractivity contribution is -0.131. The molecule has 1 fully saturated rings. The molecular weight excluding hydrogens is 244 g/mol. The number of amides is 3. The number of benzene rings is 1. The van der Waals surface area contributed by atoms with Gasteiger partial charge in [-0.3, -0.25) is 19.7 Å². The highest BCUT2D eigenvalue weighted by Crippen LogP contribution is 2.15. The van der Waals surface area contributed by atoms with Crippen LogP contribution >= 0.6 is 0 Å². The molecule has 1 aromatic rings. The number of imide groups is 1. The SMILES string of the molecule is CC(=O)N(Cc1ccccc1)C[C@H]1CC(=O)NC1=O. The van der Waals surface area contributed by atoms with Crippen LogP contribution in [0.3, 0.4) is 0 Å². The monoisotopic (exact) mass is 260 g/mol. The molecule has 1 saturated heterocycles. The van der Waals surface area contributed by atoms with E-state index in [1.165, 1.54) is 6.92 Å². The Morgan fingerprint density at radius 3 is 2.53 bits per heavy atom. The molecule has 1 atom stereocenters. The summed E-state index contributed by atoms with van der Waals surface area (Å²) in [6.07, 6.45) is 0.164. The Bertz CT molecular complexity index is 499. The summed E-state index contributed by atoms with van der Waals surface area (Å²) >= 11 is 0. The van der Waals surface area contributed by atoms with Crippen molar-refractivity contribution in [3.05, 3.63) is 35.9 Å². The van der Waals surface area contributed by atoms with Crippen LogP contribution < -0.4 is 5.32 Å². The highest BCUT2D eigenvalue weighted by molar-refractivity contribution is 6.03. The predicted molar refractivity (Wildman–Crippen MR) is 68.8 cm³/mol. The van der Waals surface area contributed by atoms with E-state index < -0.39 is 5.92 Å². The first-order valence-corrected chi connectivity index (χ1v) is 6.19. The number of nitrogens with zero attached hydrogens (tertiary/aromatic N) is 1. The molecule has 1 aliphatic heterocycles. The molecule has 2 rings (SSSR count). The van der Waals surface area contributed by atoms with E-state index in [1.807, 2.05) is 30.3 Å². The lowest BCUT2D eigenvalue weighted by atomic mass is 10.1. The van der Waals surface area contributed by atoms with Gasteiger partial charge >= 0.3 is 0 Å².